The molecule has 1 aliphatic heterocycles. The Hall–Kier alpha value is -1.94. The third-order valence-corrected chi connectivity index (χ3v) is 3.17. The molecular weight excluding hydrogens is 323 g/mol. The lowest BCUT2D eigenvalue weighted by Crippen LogP contribution is -2.60. The highest BCUT2D eigenvalue weighted by Crippen LogP contribution is 2.47. The molecule has 22 heavy (non-hydrogen) atoms. The molecule has 0 bridgehead atoms. The topological polar surface area (TPSA) is 46.1 Å². The molecule has 0 unspecified atom stereocenters. The summed E-state index contributed by atoms with van der Waals surface area (Å²) in [5.41, 5.74) is 0.637. The second kappa shape index (κ2) is 5.06. The number of halogens is 7. The average Bonchev–Trinajstić information content (AvgIpc) is 2.44. The van der Waals surface area contributed by atoms with E-state index in [0.717, 1.165) is 0 Å². The van der Waals surface area contributed by atoms with E-state index < -0.39 is 37.0 Å². The predicted octanol–water partition coefficient (Wildman–Crippen LogP) is 2.19. The van der Waals surface area contributed by atoms with Crippen molar-refractivity contribution in [3.8, 4) is 0 Å². The maximum atomic E-state index is 13.4. The van der Waals surface area contributed by atoms with Gasteiger partial charge in [-0.1, -0.05) is 0 Å². The van der Waals surface area contributed by atoms with E-state index in [2.05, 4.69) is 9.97 Å². The highest BCUT2D eigenvalue weighted by Gasteiger charge is 2.76. The highest BCUT2D eigenvalue weighted by atomic mass is 19.4. The fourth-order valence-electron chi connectivity index (χ4n) is 1.95. The van der Waals surface area contributed by atoms with E-state index in [1.54, 1.807) is 0 Å². The largest absolute Gasteiger partial charge is 0.460 e. The van der Waals surface area contributed by atoms with Gasteiger partial charge in [0.25, 0.3) is 5.91 Å². The monoisotopic (exact) mass is 331 g/mol. The van der Waals surface area contributed by atoms with Crippen molar-refractivity contribution >= 4 is 5.91 Å². The molecule has 0 fully saturated rings. The van der Waals surface area contributed by atoms with Crippen LogP contribution in [-0.2, 0) is 17.8 Å². The molecule has 2 heterocycles. The normalized spacial score (nSPS) is 16.4. The molecule has 1 amide bonds. The van der Waals surface area contributed by atoms with Gasteiger partial charge in [-0.2, -0.15) is 30.7 Å². The average molecular weight is 331 g/mol. The number of rotatable bonds is 2. The van der Waals surface area contributed by atoms with Crippen LogP contribution in [0.2, 0.25) is 0 Å². The maximum absolute atomic E-state index is 13.4. The van der Waals surface area contributed by atoms with E-state index >= 15 is 0 Å². The lowest BCUT2D eigenvalue weighted by molar-refractivity contribution is -0.346. The first-order valence-corrected chi connectivity index (χ1v) is 5.88. The van der Waals surface area contributed by atoms with Gasteiger partial charge in [0.2, 0.25) is 0 Å². The lowest BCUT2D eigenvalue weighted by Gasteiger charge is -2.34. The van der Waals surface area contributed by atoms with Crippen LogP contribution in [0.5, 0.6) is 0 Å². The fourth-order valence-corrected chi connectivity index (χ4v) is 1.95. The molecule has 0 spiro atoms. The first-order valence-electron chi connectivity index (χ1n) is 5.88. The van der Waals surface area contributed by atoms with Crippen molar-refractivity contribution in [2.75, 3.05) is 6.54 Å². The molecule has 1 aromatic rings. The second-order valence-corrected chi connectivity index (χ2v) is 4.62. The molecule has 4 nitrogen and oxygen atoms in total. The molecule has 0 atom stereocenters. The van der Waals surface area contributed by atoms with E-state index in [0.29, 0.717) is 5.69 Å². The zero-order valence-corrected chi connectivity index (χ0v) is 10.7. The highest BCUT2D eigenvalue weighted by molar-refractivity contribution is 5.85. The van der Waals surface area contributed by atoms with Crippen LogP contribution in [0, 0.1) is 0 Å². The molecular formula is C11H8F7N3O. The molecule has 122 valence electrons. The predicted molar refractivity (Wildman–Crippen MR) is 57.1 cm³/mol. The fraction of sp³-hybridized carbons (Fsp3) is 0.545. The van der Waals surface area contributed by atoms with Crippen molar-refractivity contribution in [1.29, 1.82) is 0 Å². The summed E-state index contributed by atoms with van der Waals surface area (Å²) in [6.45, 7) is -0.995. The number of amides is 1. The zero-order chi connectivity index (χ0) is 16.8. The Labute approximate surface area is 118 Å². The molecule has 0 aliphatic carbocycles. The van der Waals surface area contributed by atoms with Crippen molar-refractivity contribution in [1.82, 2.24) is 14.9 Å². The molecule has 0 aromatic carbocycles. The first kappa shape index (κ1) is 16.4. The van der Waals surface area contributed by atoms with E-state index in [1.807, 2.05) is 0 Å². The van der Waals surface area contributed by atoms with Crippen LogP contribution in [0.4, 0.5) is 30.7 Å². The van der Waals surface area contributed by atoms with Crippen molar-refractivity contribution in [2.45, 2.75) is 31.0 Å². The van der Waals surface area contributed by atoms with E-state index in [-0.39, 0.29) is 16.9 Å². The molecule has 2 rings (SSSR count). The van der Waals surface area contributed by atoms with Crippen LogP contribution in [0.1, 0.15) is 11.3 Å². The van der Waals surface area contributed by atoms with Gasteiger partial charge in [0.1, 0.15) is 6.33 Å². The van der Waals surface area contributed by atoms with E-state index in [1.165, 1.54) is 12.5 Å². The summed E-state index contributed by atoms with van der Waals surface area (Å²) in [4.78, 5) is 19.1. The minimum absolute atomic E-state index is 0.0444. The Morgan fingerprint density at radius 1 is 1.14 bits per heavy atom. The van der Waals surface area contributed by atoms with Gasteiger partial charge in [0.05, 0.1) is 5.69 Å². The number of hydrogen-bond donors (Lipinski definition) is 0. The molecule has 1 aliphatic rings. The number of carbonyl (C=O) groups is 1. The van der Waals surface area contributed by atoms with Gasteiger partial charge in [0.15, 0.2) is 0 Å². The quantitative estimate of drug-likeness (QED) is 0.781. The van der Waals surface area contributed by atoms with Crippen LogP contribution < -0.4 is 0 Å². The van der Waals surface area contributed by atoms with Gasteiger partial charge < -0.3 is 4.90 Å². The van der Waals surface area contributed by atoms with Gasteiger partial charge in [-0.3, -0.25) is 4.79 Å². The zero-order valence-electron chi connectivity index (χ0n) is 10.7. The van der Waals surface area contributed by atoms with Gasteiger partial charge in [0, 0.05) is 31.3 Å². The summed E-state index contributed by atoms with van der Waals surface area (Å²) < 4.78 is 88.7. The summed E-state index contributed by atoms with van der Waals surface area (Å²) in [6.07, 6.45) is -4.23. The lowest BCUT2D eigenvalue weighted by atomic mass is 10.0. The Balaban J connectivity index is 2.25. The van der Waals surface area contributed by atoms with Crippen LogP contribution in [0.3, 0.4) is 0 Å². The number of alkyl halides is 7. The second-order valence-electron chi connectivity index (χ2n) is 4.62. The smallest absolute Gasteiger partial charge is 0.332 e. The minimum Gasteiger partial charge on any atom is -0.332 e. The summed E-state index contributed by atoms with van der Waals surface area (Å²) in [7, 11) is 0. The number of nitrogens with zero attached hydrogens (tertiary/aromatic N) is 3. The molecule has 0 N–H and O–H groups in total. The summed E-state index contributed by atoms with van der Waals surface area (Å²) >= 11 is 0. The number of fused-ring (bicyclic) bond motifs is 1. The summed E-state index contributed by atoms with van der Waals surface area (Å²) in [6, 6.07) is 0. The molecule has 0 radical (unpaired) electrons. The third kappa shape index (κ3) is 2.48. The van der Waals surface area contributed by atoms with Gasteiger partial charge >= 0.3 is 18.0 Å². The number of aromatic nitrogens is 2. The molecule has 11 heteroatoms. The van der Waals surface area contributed by atoms with Crippen LogP contribution >= 0.6 is 0 Å². The summed E-state index contributed by atoms with van der Waals surface area (Å²) in [5, 5.41) is 0. The summed E-state index contributed by atoms with van der Waals surface area (Å²) in [5.74, 6) is -14.9. The van der Waals surface area contributed by atoms with Crippen LogP contribution in [0.15, 0.2) is 12.5 Å². The Morgan fingerprint density at radius 3 is 2.36 bits per heavy atom. The molecule has 0 saturated heterocycles. The standard InChI is InChI=1S/C11H8F7N3O/c12-9(13,10(14,15)11(16,17)18)8(22)21-2-1-7-6(4-21)3-19-5-20-7/h3,5H,1-2,4H2. The number of carbonyl (C=O) groups excluding carboxylic acids is 1. The van der Waals surface area contributed by atoms with Gasteiger partial charge in [-0.15, -0.1) is 0 Å². The third-order valence-electron chi connectivity index (χ3n) is 3.17. The minimum atomic E-state index is -6.54. The van der Waals surface area contributed by atoms with E-state index in [4.69, 9.17) is 0 Å². The van der Waals surface area contributed by atoms with Crippen molar-refractivity contribution in [3.05, 3.63) is 23.8 Å². The number of hydrogen-bond acceptors (Lipinski definition) is 3. The SMILES string of the molecule is O=C(N1CCc2ncncc2C1)C(F)(F)C(F)(F)C(F)(F)F. The van der Waals surface area contributed by atoms with Gasteiger partial charge in [-0.25, -0.2) is 9.97 Å². The van der Waals surface area contributed by atoms with Crippen LogP contribution in [-0.4, -0.2) is 45.3 Å². The van der Waals surface area contributed by atoms with Crippen molar-refractivity contribution in [3.63, 3.8) is 0 Å². The molecule has 1 aromatic heterocycles. The Morgan fingerprint density at radius 2 is 1.77 bits per heavy atom. The Kier molecular flexibility index (Phi) is 3.78. The first-order chi connectivity index (χ1) is 9.98. The molecule has 0 saturated carbocycles. The van der Waals surface area contributed by atoms with Crippen LogP contribution in [0.25, 0.3) is 0 Å². The van der Waals surface area contributed by atoms with Gasteiger partial charge in [-0.05, 0) is 0 Å². The van der Waals surface area contributed by atoms with Crippen molar-refractivity contribution < 1.29 is 35.5 Å². The Bertz CT molecular complexity index is 587. The van der Waals surface area contributed by atoms with Crippen molar-refractivity contribution in [2.24, 2.45) is 0 Å². The van der Waals surface area contributed by atoms with E-state index in [9.17, 15) is 35.5 Å². The maximum Gasteiger partial charge on any atom is 0.460 e.